The second-order valence-corrected chi connectivity index (χ2v) is 8.06. The molecule has 1 unspecified atom stereocenters. The van der Waals surface area contributed by atoms with Gasteiger partial charge in [-0.1, -0.05) is 0 Å². The van der Waals surface area contributed by atoms with E-state index in [9.17, 15) is 9.67 Å². The molecular formula is C18H25N2O5P. The molecule has 0 saturated heterocycles. The monoisotopic (exact) mass is 380 g/mol. The standard InChI is InChI=1S/C18H25N2O5P/c1-6-24-26(22,25-7-2)13(4)16-17(20-9-8-19-16)14-10-12(3)18(21)15(11-14)23-5/h8-11,13,21H,6-7H2,1-5H3. The molecule has 0 radical (unpaired) electrons. The third kappa shape index (κ3) is 4.06. The summed E-state index contributed by atoms with van der Waals surface area (Å²) >= 11 is 0. The van der Waals surface area contributed by atoms with Gasteiger partial charge in [0.2, 0.25) is 0 Å². The van der Waals surface area contributed by atoms with Crippen LogP contribution in [-0.4, -0.2) is 35.4 Å². The Labute approximate surface area is 153 Å². The Balaban J connectivity index is 2.58. The summed E-state index contributed by atoms with van der Waals surface area (Å²) in [5.41, 5.74) is 1.78. The van der Waals surface area contributed by atoms with Gasteiger partial charge in [-0.05, 0) is 45.4 Å². The lowest BCUT2D eigenvalue weighted by Gasteiger charge is -2.24. The van der Waals surface area contributed by atoms with Gasteiger partial charge in [0.05, 0.1) is 31.7 Å². The average molecular weight is 380 g/mol. The van der Waals surface area contributed by atoms with E-state index in [1.165, 1.54) is 7.11 Å². The second kappa shape index (κ2) is 8.62. The number of hydrogen-bond donors (Lipinski definition) is 1. The number of aromatic nitrogens is 2. The molecule has 0 bridgehead atoms. The van der Waals surface area contributed by atoms with Gasteiger partial charge in [0.15, 0.2) is 11.5 Å². The van der Waals surface area contributed by atoms with Gasteiger partial charge in [0.25, 0.3) is 0 Å². The molecule has 0 amide bonds. The van der Waals surface area contributed by atoms with Gasteiger partial charge >= 0.3 is 7.60 Å². The summed E-state index contributed by atoms with van der Waals surface area (Å²) in [4.78, 5) is 8.81. The number of benzene rings is 1. The van der Waals surface area contributed by atoms with Gasteiger partial charge in [0.1, 0.15) is 5.66 Å². The summed E-state index contributed by atoms with van der Waals surface area (Å²) in [6, 6.07) is 3.46. The lowest BCUT2D eigenvalue weighted by Crippen LogP contribution is -2.08. The maximum absolute atomic E-state index is 13.2. The minimum atomic E-state index is -3.40. The predicted octanol–water partition coefficient (Wildman–Crippen LogP) is 4.49. The van der Waals surface area contributed by atoms with Crippen LogP contribution in [0, 0.1) is 6.92 Å². The SMILES string of the molecule is CCOP(=O)(OCC)C(C)c1nccnc1-c1cc(C)c(O)c(OC)c1. The molecule has 1 heterocycles. The van der Waals surface area contributed by atoms with E-state index in [2.05, 4.69) is 9.97 Å². The molecule has 1 aromatic carbocycles. The van der Waals surface area contributed by atoms with Gasteiger partial charge in [-0.3, -0.25) is 14.5 Å². The summed E-state index contributed by atoms with van der Waals surface area (Å²) in [7, 11) is -1.92. The Morgan fingerprint density at radius 1 is 1.15 bits per heavy atom. The molecule has 0 aliphatic heterocycles. The largest absolute Gasteiger partial charge is 0.504 e. The molecule has 1 N–H and O–H groups in total. The maximum Gasteiger partial charge on any atom is 0.339 e. The van der Waals surface area contributed by atoms with E-state index in [4.69, 9.17) is 13.8 Å². The van der Waals surface area contributed by atoms with Crippen molar-refractivity contribution in [3.8, 4) is 22.8 Å². The van der Waals surface area contributed by atoms with Gasteiger partial charge in [-0.2, -0.15) is 0 Å². The van der Waals surface area contributed by atoms with Crippen molar-refractivity contribution in [1.29, 1.82) is 0 Å². The number of ether oxygens (including phenoxy) is 1. The lowest BCUT2D eigenvalue weighted by molar-refractivity contribution is 0.213. The molecule has 2 rings (SSSR count). The van der Waals surface area contributed by atoms with Crippen LogP contribution in [0.25, 0.3) is 11.3 Å². The molecule has 8 heteroatoms. The number of methoxy groups -OCH3 is 1. The van der Waals surface area contributed by atoms with E-state index in [-0.39, 0.29) is 19.0 Å². The minimum absolute atomic E-state index is 0.0732. The second-order valence-electron chi connectivity index (χ2n) is 5.69. The summed E-state index contributed by atoms with van der Waals surface area (Å²) in [5.74, 6) is 0.408. The van der Waals surface area contributed by atoms with Gasteiger partial charge in [-0.25, -0.2) is 0 Å². The highest BCUT2D eigenvalue weighted by atomic mass is 31.2. The molecule has 0 saturated carbocycles. The normalized spacial score (nSPS) is 12.8. The topological polar surface area (TPSA) is 90.8 Å². The zero-order chi connectivity index (χ0) is 19.3. The molecular weight excluding hydrogens is 355 g/mol. The molecule has 7 nitrogen and oxygen atoms in total. The number of phenols is 1. The number of nitrogens with zero attached hydrogens (tertiary/aromatic N) is 2. The first-order valence-electron chi connectivity index (χ1n) is 8.45. The molecule has 0 fully saturated rings. The van der Waals surface area contributed by atoms with Crippen LogP contribution in [-0.2, 0) is 13.6 Å². The van der Waals surface area contributed by atoms with Crippen LogP contribution in [0.2, 0.25) is 0 Å². The first-order valence-corrected chi connectivity index (χ1v) is 10.1. The van der Waals surface area contributed by atoms with Crippen molar-refractivity contribution in [2.24, 2.45) is 0 Å². The van der Waals surface area contributed by atoms with Crippen LogP contribution in [0.15, 0.2) is 24.5 Å². The molecule has 1 atom stereocenters. The molecule has 1 aromatic heterocycles. The van der Waals surface area contributed by atoms with Crippen molar-refractivity contribution in [2.45, 2.75) is 33.4 Å². The molecule has 26 heavy (non-hydrogen) atoms. The number of aryl methyl sites for hydroxylation is 1. The van der Waals surface area contributed by atoms with E-state index in [1.54, 1.807) is 52.2 Å². The summed E-state index contributed by atoms with van der Waals surface area (Å²) in [6.07, 6.45) is 3.11. The zero-order valence-electron chi connectivity index (χ0n) is 15.7. The van der Waals surface area contributed by atoms with Crippen molar-refractivity contribution in [2.75, 3.05) is 20.3 Å². The Hall–Kier alpha value is -1.95. The Bertz CT molecular complexity index is 802. The lowest BCUT2D eigenvalue weighted by atomic mass is 10.0. The third-order valence-electron chi connectivity index (χ3n) is 3.97. The summed E-state index contributed by atoms with van der Waals surface area (Å²) in [6.45, 7) is 7.59. The molecule has 142 valence electrons. The van der Waals surface area contributed by atoms with Gasteiger partial charge in [-0.15, -0.1) is 0 Å². The highest BCUT2D eigenvalue weighted by Gasteiger charge is 2.36. The Morgan fingerprint density at radius 2 is 1.77 bits per heavy atom. The fourth-order valence-electron chi connectivity index (χ4n) is 2.69. The quantitative estimate of drug-likeness (QED) is 0.675. The van der Waals surface area contributed by atoms with Crippen LogP contribution in [0.3, 0.4) is 0 Å². The Kier molecular flexibility index (Phi) is 6.75. The molecule has 0 aliphatic rings. The van der Waals surface area contributed by atoms with Crippen LogP contribution in [0.4, 0.5) is 0 Å². The molecule has 0 spiro atoms. The van der Waals surface area contributed by atoms with Crippen LogP contribution in [0.1, 0.15) is 37.7 Å². The van der Waals surface area contributed by atoms with Crippen molar-refractivity contribution in [3.05, 3.63) is 35.8 Å². The number of hydrogen-bond acceptors (Lipinski definition) is 7. The first-order chi connectivity index (χ1) is 12.4. The fourth-order valence-corrected chi connectivity index (χ4v) is 4.42. The number of phenolic OH excluding ortho intramolecular Hbond substituents is 1. The summed E-state index contributed by atoms with van der Waals surface area (Å²) in [5, 5.41) is 10.1. The smallest absolute Gasteiger partial charge is 0.339 e. The van der Waals surface area contributed by atoms with Crippen molar-refractivity contribution >= 4 is 7.60 Å². The first kappa shape index (κ1) is 20.4. The van der Waals surface area contributed by atoms with Crippen molar-refractivity contribution < 1.29 is 23.5 Å². The number of rotatable bonds is 8. The predicted molar refractivity (Wildman–Crippen MR) is 99.7 cm³/mol. The van der Waals surface area contributed by atoms with Crippen LogP contribution < -0.4 is 4.74 Å². The van der Waals surface area contributed by atoms with Crippen molar-refractivity contribution in [1.82, 2.24) is 9.97 Å². The molecule has 2 aromatic rings. The average Bonchev–Trinajstić information content (AvgIpc) is 2.63. The zero-order valence-corrected chi connectivity index (χ0v) is 16.6. The van der Waals surface area contributed by atoms with E-state index in [0.29, 0.717) is 28.3 Å². The van der Waals surface area contributed by atoms with Crippen LogP contribution in [0.5, 0.6) is 11.5 Å². The fraction of sp³-hybridized carbons (Fsp3) is 0.444. The van der Waals surface area contributed by atoms with Crippen molar-refractivity contribution in [3.63, 3.8) is 0 Å². The number of aromatic hydroxyl groups is 1. The highest BCUT2D eigenvalue weighted by Crippen LogP contribution is 2.61. The summed E-state index contributed by atoms with van der Waals surface area (Å²) < 4.78 is 29.3. The minimum Gasteiger partial charge on any atom is -0.504 e. The van der Waals surface area contributed by atoms with Crippen LogP contribution >= 0.6 is 7.60 Å². The Morgan fingerprint density at radius 3 is 2.35 bits per heavy atom. The van der Waals surface area contributed by atoms with E-state index >= 15 is 0 Å². The van der Waals surface area contributed by atoms with E-state index in [0.717, 1.165) is 0 Å². The van der Waals surface area contributed by atoms with E-state index < -0.39 is 13.3 Å². The highest BCUT2D eigenvalue weighted by molar-refractivity contribution is 7.54. The van der Waals surface area contributed by atoms with E-state index in [1.807, 2.05) is 0 Å². The third-order valence-corrected chi connectivity index (χ3v) is 6.40. The van der Waals surface area contributed by atoms with Gasteiger partial charge in [0, 0.05) is 18.0 Å². The van der Waals surface area contributed by atoms with Gasteiger partial charge < -0.3 is 18.9 Å². The molecule has 0 aliphatic carbocycles. The maximum atomic E-state index is 13.2.